The highest BCUT2D eigenvalue weighted by Gasteiger charge is 2.16. The minimum absolute atomic E-state index is 0.0519. The number of benzene rings is 1. The number of hydrogen-bond donors (Lipinski definition) is 1. The van der Waals surface area contributed by atoms with Gasteiger partial charge in [0.25, 0.3) is 5.56 Å². The van der Waals surface area contributed by atoms with Gasteiger partial charge in [-0.3, -0.25) is 18.7 Å². The van der Waals surface area contributed by atoms with Crippen LogP contribution in [-0.2, 0) is 25.4 Å². The van der Waals surface area contributed by atoms with E-state index >= 15 is 0 Å². The van der Waals surface area contributed by atoms with Gasteiger partial charge in [-0.1, -0.05) is 17.7 Å². The minimum Gasteiger partial charge on any atom is -0.324 e. The molecule has 1 amide bonds. The molecule has 0 saturated heterocycles. The number of hydrogen-bond acceptors (Lipinski definition) is 4. The van der Waals surface area contributed by atoms with E-state index in [0.717, 1.165) is 26.9 Å². The first kappa shape index (κ1) is 17.7. The largest absolute Gasteiger partial charge is 0.332 e. The molecule has 3 aromatic rings. The first-order valence-corrected chi connectivity index (χ1v) is 8.19. The third kappa shape index (κ3) is 2.83. The van der Waals surface area contributed by atoms with Crippen molar-refractivity contribution < 1.29 is 4.79 Å². The van der Waals surface area contributed by atoms with Gasteiger partial charge in [0.15, 0.2) is 5.52 Å². The highest BCUT2D eigenvalue weighted by atomic mass is 16.2. The van der Waals surface area contributed by atoms with Crippen LogP contribution in [-0.4, -0.2) is 24.6 Å². The molecule has 0 aliphatic rings. The second-order valence-corrected chi connectivity index (χ2v) is 6.57. The Morgan fingerprint density at radius 2 is 1.69 bits per heavy atom. The van der Waals surface area contributed by atoms with Gasteiger partial charge in [-0.2, -0.15) is 0 Å². The molecule has 0 fully saturated rings. The van der Waals surface area contributed by atoms with Crippen LogP contribution in [0.1, 0.15) is 16.7 Å². The molecule has 0 bridgehead atoms. The molecule has 2 heterocycles. The maximum absolute atomic E-state index is 12.5. The predicted molar refractivity (Wildman–Crippen MR) is 99.5 cm³/mol. The number of nitrogens with one attached hydrogen (secondary N) is 1. The number of fused-ring (bicyclic) bond motifs is 1. The average molecular weight is 355 g/mol. The fraction of sp³-hybridized carbons (Fsp3) is 0.333. The van der Waals surface area contributed by atoms with E-state index in [1.165, 1.54) is 22.5 Å². The fourth-order valence-electron chi connectivity index (χ4n) is 3.27. The van der Waals surface area contributed by atoms with E-state index in [4.69, 9.17) is 0 Å². The molecule has 0 aliphatic heterocycles. The number of aromatic nitrogens is 4. The molecule has 2 aromatic heterocycles. The zero-order chi connectivity index (χ0) is 19.2. The summed E-state index contributed by atoms with van der Waals surface area (Å²) in [4.78, 5) is 40.9. The van der Waals surface area contributed by atoms with Gasteiger partial charge < -0.3 is 9.88 Å². The van der Waals surface area contributed by atoms with Gasteiger partial charge in [-0.15, -0.1) is 0 Å². The van der Waals surface area contributed by atoms with Crippen LogP contribution < -0.4 is 16.6 Å². The normalized spacial score (nSPS) is 11.1. The molecular weight excluding hydrogens is 334 g/mol. The van der Waals surface area contributed by atoms with E-state index in [9.17, 15) is 14.4 Å². The van der Waals surface area contributed by atoms with E-state index < -0.39 is 11.2 Å². The fourth-order valence-corrected chi connectivity index (χ4v) is 3.27. The lowest BCUT2D eigenvalue weighted by Gasteiger charge is -2.14. The highest BCUT2D eigenvalue weighted by Crippen LogP contribution is 2.22. The van der Waals surface area contributed by atoms with E-state index in [-0.39, 0.29) is 18.0 Å². The molecule has 8 nitrogen and oxygen atoms in total. The standard InChI is InChI=1S/C18H21N5O3/c1-10-6-11(2)14(12(3)7-10)20-13(24)8-23-9-19-15-16(23)21(4)18(26)22(5)17(15)25/h6-7,9H,8H2,1-5H3,(H,20,24). The smallest absolute Gasteiger partial charge is 0.324 e. The van der Waals surface area contributed by atoms with Crippen LogP contribution in [0.25, 0.3) is 11.2 Å². The quantitative estimate of drug-likeness (QED) is 0.759. The molecule has 3 rings (SSSR count). The van der Waals surface area contributed by atoms with Crippen molar-refractivity contribution in [1.82, 2.24) is 18.7 Å². The number of carbonyl (C=O) groups is 1. The van der Waals surface area contributed by atoms with Gasteiger partial charge in [0, 0.05) is 19.8 Å². The van der Waals surface area contributed by atoms with Crippen LogP contribution in [0.2, 0.25) is 0 Å². The van der Waals surface area contributed by atoms with Crippen LogP contribution in [0, 0.1) is 20.8 Å². The van der Waals surface area contributed by atoms with Gasteiger partial charge in [-0.05, 0) is 31.9 Å². The van der Waals surface area contributed by atoms with Crippen LogP contribution in [0.4, 0.5) is 5.69 Å². The Kier molecular flexibility index (Phi) is 4.27. The summed E-state index contributed by atoms with van der Waals surface area (Å²) < 4.78 is 3.82. The van der Waals surface area contributed by atoms with Gasteiger partial charge in [-0.25, -0.2) is 9.78 Å². The second-order valence-electron chi connectivity index (χ2n) is 6.57. The summed E-state index contributed by atoms with van der Waals surface area (Å²) >= 11 is 0. The van der Waals surface area contributed by atoms with Gasteiger partial charge in [0.1, 0.15) is 12.2 Å². The number of anilines is 1. The predicted octanol–water partition coefficient (Wildman–Crippen LogP) is 0.998. The van der Waals surface area contributed by atoms with E-state index in [0.29, 0.717) is 5.65 Å². The van der Waals surface area contributed by atoms with E-state index in [1.807, 2.05) is 32.9 Å². The van der Waals surface area contributed by atoms with E-state index in [2.05, 4.69) is 10.3 Å². The van der Waals surface area contributed by atoms with Crippen molar-refractivity contribution in [3.8, 4) is 0 Å². The third-order valence-corrected chi connectivity index (χ3v) is 4.46. The van der Waals surface area contributed by atoms with Crippen molar-refractivity contribution >= 4 is 22.8 Å². The topological polar surface area (TPSA) is 90.9 Å². The molecular formula is C18H21N5O3. The van der Waals surface area contributed by atoms with Crippen LogP contribution in [0.3, 0.4) is 0 Å². The molecule has 0 spiro atoms. The SMILES string of the molecule is Cc1cc(C)c(NC(=O)Cn2cnc3c(=O)n(C)c(=O)n(C)c32)c(C)c1. The van der Waals surface area contributed by atoms with Crippen molar-refractivity contribution in [3.05, 3.63) is 56.0 Å². The number of aryl methyl sites for hydroxylation is 4. The highest BCUT2D eigenvalue weighted by molar-refractivity contribution is 5.93. The van der Waals surface area contributed by atoms with Crippen LogP contribution in [0.5, 0.6) is 0 Å². The molecule has 0 radical (unpaired) electrons. The lowest BCUT2D eigenvalue weighted by molar-refractivity contribution is -0.116. The minimum atomic E-state index is -0.479. The molecule has 0 unspecified atom stereocenters. The van der Waals surface area contributed by atoms with Gasteiger partial charge >= 0.3 is 5.69 Å². The Hall–Kier alpha value is -3.16. The van der Waals surface area contributed by atoms with Crippen molar-refractivity contribution in [3.63, 3.8) is 0 Å². The zero-order valence-corrected chi connectivity index (χ0v) is 15.5. The molecule has 0 aliphatic carbocycles. The number of nitrogens with zero attached hydrogens (tertiary/aromatic N) is 4. The van der Waals surface area contributed by atoms with Crippen molar-refractivity contribution in [1.29, 1.82) is 0 Å². The summed E-state index contributed by atoms with van der Waals surface area (Å²) in [5.41, 5.74) is 3.40. The molecule has 0 saturated carbocycles. The maximum Gasteiger partial charge on any atom is 0.332 e. The summed E-state index contributed by atoms with van der Waals surface area (Å²) in [6, 6.07) is 4.01. The summed E-state index contributed by atoms with van der Waals surface area (Å²) in [5.74, 6) is -0.257. The first-order chi connectivity index (χ1) is 12.2. The summed E-state index contributed by atoms with van der Waals surface area (Å²) in [7, 11) is 2.95. The second kappa shape index (κ2) is 6.29. The third-order valence-electron chi connectivity index (χ3n) is 4.46. The monoisotopic (exact) mass is 355 g/mol. The van der Waals surface area contributed by atoms with Gasteiger partial charge in [0.2, 0.25) is 5.91 Å². The van der Waals surface area contributed by atoms with Crippen molar-refractivity contribution in [2.24, 2.45) is 14.1 Å². The first-order valence-electron chi connectivity index (χ1n) is 8.19. The Morgan fingerprint density at radius 3 is 2.31 bits per heavy atom. The molecule has 1 N–H and O–H groups in total. The molecule has 136 valence electrons. The summed E-state index contributed by atoms with van der Waals surface area (Å²) in [5, 5.41) is 2.91. The van der Waals surface area contributed by atoms with Crippen molar-refractivity contribution in [2.75, 3.05) is 5.32 Å². The lowest BCUT2D eigenvalue weighted by Crippen LogP contribution is -2.37. The summed E-state index contributed by atoms with van der Waals surface area (Å²) in [6.45, 7) is 5.83. The maximum atomic E-state index is 12.5. The van der Waals surface area contributed by atoms with E-state index in [1.54, 1.807) is 7.05 Å². The number of carbonyl (C=O) groups excluding carboxylic acids is 1. The Balaban J connectivity index is 1.97. The van der Waals surface area contributed by atoms with Gasteiger partial charge in [0.05, 0.1) is 6.33 Å². The number of amides is 1. The molecule has 8 heteroatoms. The van der Waals surface area contributed by atoms with Crippen molar-refractivity contribution in [2.45, 2.75) is 27.3 Å². The molecule has 1 aromatic carbocycles. The summed E-state index contributed by atoms with van der Waals surface area (Å²) in [6.07, 6.45) is 1.40. The zero-order valence-electron chi connectivity index (χ0n) is 15.5. The average Bonchev–Trinajstić information content (AvgIpc) is 2.98. The number of imidazole rings is 1. The Labute approximate surface area is 149 Å². The number of rotatable bonds is 3. The lowest BCUT2D eigenvalue weighted by atomic mass is 10.1. The van der Waals surface area contributed by atoms with Crippen LogP contribution >= 0.6 is 0 Å². The Morgan fingerprint density at radius 1 is 1.08 bits per heavy atom. The van der Waals surface area contributed by atoms with Crippen LogP contribution in [0.15, 0.2) is 28.0 Å². The molecule has 0 atom stereocenters. The molecule has 26 heavy (non-hydrogen) atoms. The Bertz CT molecular complexity index is 1130.